The molecule has 2 aromatic rings. The van der Waals surface area contributed by atoms with E-state index in [2.05, 4.69) is 20.5 Å². The van der Waals surface area contributed by atoms with Crippen LogP contribution in [0.2, 0.25) is 0 Å². The zero-order valence-electron chi connectivity index (χ0n) is 11.9. The summed E-state index contributed by atoms with van der Waals surface area (Å²) in [6.07, 6.45) is 3.17. The van der Waals surface area contributed by atoms with E-state index in [9.17, 15) is 4.79 Å². The first kappa shape index (κ1) is 14.9. The number of hydrogen-bond donors (Lipinski definition) is 1. The highest BCUT2D eigenvalue weighted by molar-refractivity contribution is 8.15. The Kier molecular flexibility index (Phi) is 4.45. The smallest absolute Gasteiger partial charge is 0.236 e. The van der Waals surface area contributed by atoms with E-state index in [1.165, 1.54) is 11.8 Å². The van der Waals surface area contributed by atoms with E-state index in [4.69, 9.17) is 5.26 Å². The number of benzene rings is 1. The highest BCUT2D eigenvalue weighted by Gasteiger charge is 2.15. The van der Waals surface area contributed by atoms with Crippen LogP contribution in [0, 0.1) is 11.3 Å². The molecule has 112 valence electrons. The minimum absolute atomic E-state index is 0.0526. The third-order valence-electron chi connectivity index (χ3n) is 3.04. The monoisotopic (exact) mass is 321 g/mol. The molecule has 2 heterocycles. The second-order valence-electron chi connectivity index (χ2n) is 4.65. The van der Waals surface area contributed by atoms with Gasteiger partial charge < -0.3 is 5.32 Å². The summed E-state index contributed by atoms with van der Waals surface area (Å²) >= 11 is 1.33. The van der Waals surface area contributed by atoms with Gasteiger partial charge in [0.15, 0.2) is 5.17 Å². The number of aromatic nitrogens is 1. The Bertz CT molecular complexity index is 819. The molecule has 1 saturated heterocycles. The summed E-state index contributed by atoms with van der Waals surface area (Å²) in [6.45, 7) is 0. The fourth-order valence-electron chi connectivity index (χ4n) is 1.90. The minimum Gasteiger partial charge on any atom is -0.303 e. The number of carbonyl (C=O) groups excluding carboxylic acids is 1. The van der Waals surface area contributed by atoms with E-state index in [1.807, 2.05) is 36.4 Å². The zero-order valence-corrected chi connectivity index (χ0v) is 12.7. The molecule has 1 aromatic carbocycles. The van der Waals surface area contributed by atoms with Gasteiger partial charge in [0.25, 0.3) is 0 Å². The van der Waals surface area contributed by atoms with E-state index in [0.717, 1.165) is 16.8 Å². The maximum atomic E-state index is 11.0. The average Bonchev–Trinajstić information content (AvgIpc) is 3.01. The molecule has 1 aromatic heterocycles. The van der Waals surface area contributed by atoms with Gasteiger partial charge in [0.2, 0.25) is 5.91 Å². The van der Waals surface area contributed by atoms with Crippen molar-refractivity contribution in [3.63, 3.8) is 0 Å². The van der Waals surface area contributed by atoms with Crippen molar-refractivity contribution >= 4 is 29.1 Å². The molecule has 0 unspecified atom stereocenters. The van der Waals surface area contributed by atoms with E-state index in [-0.39, 0.29) is 5.91 Å². The van der Waals surface area contributed by atoms with Gasteiger partial charge in [0.05, 0.1) is 23.2 Å². The number of amides is 1. The quantitative estimate of drug-likeness (QED) is 0.693. The normalized spacial score (nSPS) is 15.8. The maximum absolute atomic E-state index is 11.0. The molecular weight excluding hydrogens is 310 g/mol. The van der Waals surface area contributed by atoms with Crippen LogP contribution in [0.15, 0.2) is 52.8 Å². The molecule has 6 nitrogen and oxygen atoms in total. The van der Waals surface area contributed by atoms with Crippen molar-refractivity contribution in [2.45, 2.75) is 0 Å². The standard InChI is InChI=1S/C16H11N5OS/c17-7-12-3-6-14(18-8-12)13-4-1-11(2-5-13)9-19-21-16-20-15(22)10-23-16/h1-6,8-9H,10H2,(H,20,21,22). The SMILES string of the molecule is N#Cc1ccc(-c2ccc(C=NN=C3NC(=O)CS3)cc2)nc1. The third-order valence-corrected chi connectivity index (χ3v) is 3.90. The number of thioether (sulfide) groups is 1. The second kappa shape index (κ2) is 6.85. The van der Waals surface area contributed by atoms with Crippen LogP contribution in [-0.4, -0.2) is 28.0 Å². The summed E-state index contributed by atoms with van der Waals surface area (Å²) in [5.74, 6) is 0.337. The Morgan fingerprint density at radius 2 is 2.09 bits per heavy atom. The Morgan fingerprint density at radius 3 is 2.70 bits per heavy atom. The predicted molar refractivity (Wildman–Crippen MR) is 90.0 cm³/mol. The average molecular weight is 321 g/mol. The number of hydrogen-bond acceptors (Lipinski definition) is 6. The number of nitrogens with one attached hydrogen (secondary N) is 1. The number of rotatable bonds is 3. The lowest BCUT2D eigenvalue weighted by molar-refractivity contribution is -0.116. The fourth-order valence-corrected chi connectivity index (χ4v) is 2.53. The number of pyridine rings is 1. The molecule has 1 N–H and O–H groups in total. The van der Waals surface area contributed by atoms with E-state index >= 15 is 0 Å². The molecule has 0 aliphatic carbocycles. The fraction of sp³-hybridized carbons (Fsp3) is 0.0625. The van der Waals surface area contributed by atoms with Crippen molar-refractivity contribution in [3.8, 4) is 17.3 Å². The lowest BCUT2D eigenvalue weighted by Crippen LogP contribution is -2.19. The summed E-state index contributed by atoms with van der Waals surface area (Å²) < 4.78 is 0. The van der Waals surface area contributed by atoms with Gasteiger partial charge in [-0.15, -0.1) is 5.10 Å². The van der Waals surface area contributed by atoms with Crippen LogP contribution in [0.1, 0.15) is 11.1 Å². The van der Waals surface area contributed by atoms with Gasteiger partial charge >= 0.3 is 0 Å². The van der Waals surface area contributed by atoms with Crippen molar-refractivity contribution in [1.82, 2.24) is 10.3 Å². The lowest BCUT2D eigenvalue weighted by atomic mass is 10.1. The largest absolute Gasteiger partial charge is 0.303 e. The summed E-state index contributed by atoms with van der Waals surface area (Å²) in [6, 6.07) is 13.2. The van der Waals surface area contributed by atoms with Crippen molar-refractivity contribution in [3.05, 3.63) is 53.7 Å². The molecule has 23 heavy (non-hydrogen) atoms. The van der Waals surface area contributed by atoms with Gasteiger partial charge in [-0.05, 0) is 17.7 Å². The highest BCUT2D eigenvalue weighted by Crippen LogP contribution is 2.17. The van der Waals surface area contributed by atoms with Gasteiger partial charge in [-0.25, -0.2) is 0 Å². The predicted octanol–water partition coefficient (Wildman–Crippen LogP) is 2.17. The molecule has 0 radical (unpaired) electrons. The topological polar surface area (TPSA) is 90.5 Å². The first-order valence-corrected chi connectivity index (χ1v) is 7.73. The summed E-state index contributed by atoms with van der Waals surface area (Å²) in [5.41, 5.74) is 3.18. The van der Waals surface area contributed by atoms with Gasteiger partial charge in [-0.2, -0.15) is 10.4 Å². The van der Waals surface area contributed by atoms with E-state index < -0.39 is 0 Å². The molecule has 0 saturated carbocycles. The van der Waals surface area contributed by atoms with Crippen LogP contribution in [0.3, 0.4) is 0 Å². The van der Waals surface area contributed by atoms with Crippen LogP contribution >= 0.6 is 11.8 Å². The van der Waals surface area contributed by atoms with Crippen LogP contribution in [0.25, 0.3) is 11.3 Å². The van der Waals surface area contributed by atoms with E-state index in [0.29, 0.717) is 16.5 Å². The highest BCUT2D eigenvalue weighted by atomic mass is 32.2. The molecule has 1 aliphatic heterocycles. The number of carbonyl (C=O) groups is 1. The first-order chi connectivity index (χ1) is 11.2. The summed E-state index contributed by atoms with van der Waals surface area (Å²) in [4.78, 5) is 15.3. The molecule has 1 fully saturated rings. The Morgan fingerprint density at radius 1 is 1.26 bits per heavy atom. The third kappa shape index (κ3) is 3.81. The minimum atomic E-state index is -0.0526. The molecule has 1 aliphatic rings. The molecule has 1 amide bonds. The molecule has 0 spiro atoms. The van der Waals surface area contributed by atoms with Crippen LogP contribution in [0.4, 0.5) is 0 Å². The van der Waals surface area contributed by atoms with Crippen molar-refractivity contribution in [2.75, 3.05) is 5.75 Å². The van der Waals surface area contributed by atoms with Crippen molar-refractivity contribution in [1.29, 1.82) is 5.26 Å². The number of nitrogens with zero attached hydrogens (tertiary/aromatic N) is 4. The summed E-state index contributed by atoms with van der Waals surface area (Å²) in [7, 11) is 0. The molecule has 7 heteroatoms. The van der Waals surface area contributed by atoms with Gasteiger partial charge in [-0.1, -0.05) is 36.0 Å². The maximum Gasteiger partial charge on any atom is 0.236 e. The Hall–Kier alpha value is -2.98. The van der Waals surface area contributed by atoms with Crippen molar-refractivity contribution in [2.24, 2.45) is 10.2 Å². The van der Waals surface area contributed by atoms with Crippen LogP contribution in [0.5, 0.6) is 0 Å². The van der Waals surface area contributed by atoms with E-state index in [1.54, 1.807) is 18.5 Å². The van der Waals surface area contributed by atoms with Gasteiger partial charge in [0, 0.05) is 11.8 Å². The lowest BCUT2D eigenvalue weighted by Gasteiger charge is -2.01. The second-order valence-corrected chi connectivity index (χ2v) is 5.62. The van der Waals surface area contributed by atoms with Gasteiger partial charge in [-0.3, -0.25) is 9.78 Å². The number of nitriles is 1. The molecular formula is C16H11N5OS. The number of amidine groups is 1. The Labute approximate surface area is 137 Å². The molecule has 3 rings (SSSR count). The molecule has 0 bridgehead atoms. The van der Waals surface area contributed by atoms with Gasteiger partial charge in [0.1, 0.15) is 6.07 Å². The molecule has 0 atom stereocenters. The van der Waals surface area contributed by atoms with Crippen LogP contribution < -0.4 is 5.32 Å². The van der Waals surface area contributed by atoms with Crippen LogP contribution in [-0.2, 0) is 4.79 Å². The van der Waals surface area contributed by atoms with Crippen molar-refractivity contribution < 1.29 is 4.79 Å². The summed E-state index contributed by atoms with van der Waals surface area (Å²) in [5, 5.41) is 19.8. The Balaban J connectivity index is 1.69. The first-order valence-electron chi connectivity index (χ1n) is 6.75. The zero-order chi connectivity index (χ0) is 16.1.